The summed E-state index contributed by atoms with van der Waals surface area (Å²) in [7, 11) is 0. The Morgan fingerprint density at radius 3 is 2.45 bits per heavy atom. The molecule has 0 bridgehead atoms. The van der Waals surface area contributed by atoms with Gasteiger partial charge in [0, 0.05) is 24.2 Å². The molecule has 5 nitrogen and oxygen atoms in total. The second-order valence-electron chi connectivity index (χ2n) is 7.94. The van der Waals surface area contributed by atoms with E-state index in [-0.39, 0.29) is 11.8 Å². The number of carbonyl (C=O) groups is 2. The summed E-state index contributed by atoms with van der Waals surface area (Å²) in [5.74, 6) is -0.187. The fourth-order valence-electron chi connectivity index (χ4n) is 4.38. The van der Waals surface area contributed by atoms with Gasteiger partial charge in [0.25, 0.3) is 5.91 Å². The first kappa shape index (κ1) is 19.6. The molecule has 5 heteroatoms. The zero-order valence-corrected chi connectivity index (χ0v) is 16.8. The van der Waals surface area contributed by atoms with Crippen LogP contribution in [0.3, 0.4) is 0 Å². The van der Waals surface area contributed by atoms with Crippen LogP contribution < -0.4 is 10.2 Å². The number of amides is 2. The molecule has 0 aliphatic carbocycles. The average Bonchev–Trinajstić information content (AvgIpc) is 3.17. The SMILES string of the molecule is O=C(NCCCN1CCCCC1)[C@@H]1Cc2ccccc2N1C(=O)c1ccccc1. The van der Waals surface area contributed by atoms with Crippen molar-refractivity contribution in [3.8, 4) is 0 Å². The quantitative estimate of drug-likeness (QED) is 0.769. The lowest BCUT2D eigenvalue weighted by atomic mass is 10.1. The molecule has 1 saturated heterocycles. The van der Waals surface area contributed by atoms with Gasteiger partial charge in [-0.3, -0.25) is 14.5 Å². The summed E-state index contributed by atoms with van der Waals surface area (Å²) in [4.78, 5) is 30.3. The van der Waals surface area contributed by atoms with E-state index in [0.29, 0.717) is 18.5 Å². The molecule has 0 radical (unpaired) electrons. The number of nitrogens with one attached hydrogen (secondary N) is 1. The van der Waals surface area contributed by atoms with Gasteiger partial charge in [-0.2, -0.15) is 0 Å². The van der Waals surface area contributed by atoms with Crippen LogP contribution in [0.25, 0.3) is 0 Å². The summed E-state index contributed by atoms with van der Waals surface area (Å²) in [6.07, 6.45) is 5.40. The molecule has 2 aromatic rings. The Hall–Kier alpha value is -2.66. The van der Waals surface area contributed by atoms with E-state index in [1.165, 1.54) is 32.4 Å². The molecular formula is C24H29N3O2. The first-order chi connectivity index (χ1) is 14.2. The normalized spacial score (nSPS) is 19.0. The van der Waals surface area contributed by atoms with Crippen LogP contribution in [-0.2, 0) is 11.2 Å². The number of hydrogen-bond donors (Lipinski definition) is 1. The van der Waals surface area contributed by atoms with E-state index in [2.05, 4.69) is 10.2 Å². The fraction of sp³-hybridized carbons (Fsp3) is 0.417. The van der Waals surface area contributed by atoms with Crippen molar-refractivity contribution in [3.63, 3.8) is 0 Å². The molecule has 0 saturated carbocycles. The molecule has 1 N–H and O–H groups in total. The highest BCUT2D eigenvalue weighted by Gasteiger charge is 2.38. The minimum atomic E-state index is -0.491. The van der Waals surface area contributed by atoms with Crippen molar-refractivity contribution in [1.82, 2.24) is 10.2 Å². The molecular weight excluding hydrogens is 362 g/mol. The van der Waals surface area contributed by atoms with Crippen LogP contribution >= 0.6 is 0 Å². The first-order valence-electron chi connectivity index (χ1n) is 10.7. The Kier molecular flexibility index (Phi) is 6.25. The van der Waals surface area contributed by atoms with Crippen LogP contribution in [0, 0.1) is 0 Å². The van der Waals surface area contributed by atoms with Gasteiger partial charge in [0.05, 0.1) is 0 Å². The molecule has 0 spiro atoms. The van der Waals surface area contributed by atoms with Gasteiger partial charge >= 0.3 is 0 Å². The predicted octanol–water partition coefficient (Wildman–Crippen LogP) is 3.25. The predicted molar refractivity (Wildman–Crippen MR) is 115 cm³/mol. The van der Waals surface area contributed by atoms with E-state index in [9.17, 15) is 9.59 Å². The number of benzene rings is 2. The number of anilines is 1. The minimum Gasteiger partial charge on any atom is -0.354 e. The van der Waals surface area contributed by atoms with Crippen molar-refractivity contribution < 1.29 is 9.59 Å². The number of nitrogens with zero attached hydrogens (tertiary/aromatic N) is 2. The molecule has 2 heterocycles. The highest BCUT2D eigenvalue weighted by atomic mass is 16.2. The van der Waals surface area contributed by atoms with Gasteiger partial charge in [-0.25, -0.2) is 0 Å². The van der Waals surface area contributed by atoms with E-state index < -0.39 is 6.04 Å². The summed E-state index contributed by atoms with van der Waals surface area (Å²) in [5.41, 5.74) is 2.49. The molecule has 0 aromatic heterocycles. The van der Waals surface area contributed by atoms with Crippen LogP contribution in [-0.4, -0.2) is 48.9 Å². The maximum Gasteiger partial charge on any atom is 0.259 e. The highest BCUT2D eigenvalue weighted by Crippen LogP contribution is 2.33. The molecule has 1 fully saturated rings. The molecule has 1 atom stereocenters. The first-order valence-corrected chi connectivity index (χ1v) is 10.7. The number of hydrogen-bond acceptors (Lipinski definition) is 3. The van der Waals surface area contributed by atoms with E-state index in [1.54, 1.807) is 17.0 Å². The largest absolute Gasteiger partial charge is 0.354 e. The number of para-hydroxylation sites is 1. The standard InChI is InChI=1S/C24H29N3O2/c28-23(25-14-9-17-26-15-7-2-8-16-26)22-18-20-12-5-6-13-21(20)27(22)24(29)19-10-3-1-4-11-19/h1,3-6,10-13,22H,2,7-9,14-18H2,(H,25,28)/t22-/m0/s1. The summed E-state index contributed by atoms with van der Waals surface area (Å²) >= 11 is 0. The lowest BCUT2D eigenvalue weighted by Crippen LogP contribution is -2.48. The zero-order chi connectivity index (χ0) is 20.1. The molecule has 2 aliphatic rings. The minimum absolute atomic E-state index is 0.0656. The summed E-state index contributed by atoms with van der Waals surface area (Å²) in [6.45, 7) is 4.02. The van der Waals surface area contributed by atoms with Crippen molar-refractivity contribution in [2.24, 2.45) is 0 Å². The Morgan fingerprint density at radius 2 is 1.66 bits per heavy atom. The number of piperidine rings is 1. The molecule has 2 aromatic carbocycles. The molecule has 152 valence electrons. The van der Waals surface area contributed by atoms with Gasteiger partial charge in [0.15, 0.2) is 0 Å². The Bertz CT molecular complexity index is 846. The van der Waals surface area contributed by atoms with Crippen LogP contribution in [0.2, 0.25) is 0 Å². The van der Waals surface area contributed by atoms with Gasteiger partial charge in [-0.1, -0.05) is 42.8 Å². The van der Waals surface area contributed by atoms with Gasteiger partial charge in [0.1, 0.15) is 6.04 Å². The van der Waals surface area contributed by atoms with Crippen molar-refractivity contribution >= 4 is 17.5 Å². The maximum atomic E-state index is 13.2. The number of likely N-dealkylation sites (tertiary alicyclic amines) is 1. The molecule has 0 unspecified atom stereocenters. The van der Waals surface area contributed by atoms with Crippen molar-refractivity contribution in [3.05, 3.63) is 65.7 Å². The van der Waals surface area contributed by atoms with Gasteiger partial charge in [-0.05, 0) is 62.7 Å². The lowest BCUT2D eigenvalue weighted by molar-refractivity contribution is -0.122. The molecule has 29 heavy (non-hydrogen) atoms. The fourth-order valence-corrected chi connectivity index (χ4v) is 4.38. The Balaban J connectivity index is 1.41. The van der Waals surface area contributed by atoms with Crippen LogP contribution in [0.1, 0.15) is 41.6 Å². The van der Waals surface area contributed by atoms with Crippen LogP contribution in [0.4, 0.5) is 5.69 Å². The second kappa shape index (κ2) is 9.23. The number of fused-ring (bicyclic) bond motifs is 1. The topological polar surface area (TPSA) is 52.7 Å². The third-order valence-electron chi connectivity index (χ3n) is 5.92. The Morgan fingerprint density at radius 1 is 0.931 bits per heavy atom. The molecule has 4 rings (SSSR count). The third-order valence-corrected chi connectivity index (χ3v) is 5.92. The van der Waals surface area contributed by atoms with Crippen molar-refractivity contribution in [2.45, 2.75) is 38.1 Å². The summed E-state index contributed by atoms with van der Waals surface area (Å²) in [6, 6.07) is 16.5. The monoisotopic (exact) mass is 391 g/mol. The van der Waals surface area contributed by atoms with E-state index >= 15 is 0 Å². The maximum absolute atomic E-state index is 13.2. The van der Waals surface area contributed by atoms with Gasteiger partial charge < -0.3 is 10.2 Å². The highest BCUT2D eigenvalue weighted by molar-refractivity contribution is 6.11. The molecule has 2 amide bonds. The Labute approximate surface area is 172 Å². The van der Waals surface area contributed by atoms with Gasteiger partial charge in [-0.15, -0.1) is 0 Å². The van der Waals surface area contributed by atoms with E-state index in [1.807, 2.05) is 42.5 Å². The summed E-state index contributed by atoms with van der Waals surface area (Å²) < 4.78 is 0. The average molecular weight is 392 g/mol. The second-order valence-corrected chi connectivity index (χ2v) is 7.94. The zero-order valence-electron chi connectivity index (χ0n) is 16.8. The van der Waals surface area contributed by atoms with E-state index in [4.69, 9.17) is 0 Å². The number of carbonyl (C=O) groups excluding carboxylic acids is 2. The van der Waals surface area contributed by atoms with Crippen molar-refractivity contribution in [2.75, 3.05) is 31.1 Å². The summed E-state index contributed by atoms with van der Waals surface area (Å²) in [5, 5.41) is 3.08. The van der Waals surface area contributed by atoms with E-state index in [0.717, 1.165) is 24.2 Å². The van der Waals surface area contributed by atoms with Crippen LogP contribution in [0.5, 0.6) is 0 Å². The smallest absolute Gasteiger partial charge is 0.259 e. The van der Waals surface area contributed by atoms with Crippen molar-refractivity contribution in [1.29, 1.82) is 0 Å². The van der Waals surface area contributed by atoms with Crippen LogP contribution in [0.15, 0.2) is 54.6 Å². The lowest BCUT2D eigenvalue weighted by Gasteiger charge is -2.27. The third kappa shape index (κ3) is 4.51. The number of rotatable bonds is 6. The molecule has 2 aliphatic heterocycles. The van der Waals surface area contributed by atoms with Gasteiger partial charge in [0.2, 0.25) is 5.91 Å².